The minimum atomic E-state index is 0. The van der Waals surface area contributed by atoms with Gasteiger partial charge in [0.15, 0.2) is 0 Å². The molecule has 92 valence electrons. The molecule has 3 rings (SSSR count). The molecule has 1 unspecified atom stereocenters. The van der Waals surface area contributed by atoms with Crippen molar-refractivity contribution in [2.75, 3.05) is 0 Å². The van der Waals surface area contributed by atoms with Crippen molar-refractivity contribution in [3.05, 3.63) is 66.2 Å². The van der Waals surface area contributed by atoms with Crippen LogP contribution in [0.15, 0.2) is 55.0 Å². The smallest absolute Gasteiger partial charge is 0.0921 e. The van der Waals surface area contributed by atoms with Crippen LogP contribution in [0.3, 0.4) is 0 Å². The lowest BCUT2D eigenvalue weighted by Crippen LogP contribution is -1.95. The molecule has 0 radical (unpaired) electrons. The van der Waals surface area contributed by atoms with Gasteiger partial charge in [0.1, 0.15) is 0 Å². The van der Waals surface area contributed by atoms with Crippen LogP contribution >= 0.6 is 12.4 Å². The number of nitrogens with one attached hydrogen (secondary N) is 1. The summed E-state index contributed by atoms with van der Waals surface area (Å²) in [6.07, 6.45) is 3.62. The second-order valence-corrected chi connectivity index (χ2v) is 4.34. The van der Waals surface area contributed by atoms with Gasteiger partial charge in [0.2, 0.25) is 0 Å². The molecule has 0 aliphatic rings. The van der Waals surface area contributed by atoms with Gasteiger partial charge in [-0.2, -0.15) is 0 Å². The van der Waals surface area contributed by atoms with Crippen LogP contribution < -0.4 is 0 Å². The normalized spacial score (nSPS) is 12.1. The Morgan fingerprint density at radius 1 is 1.06 bits per heavy atom. The summed E-state index contributed by atoms with van der Waals surface area (Å²) in [5.41, 5.74) is 2.47. The summed E-state index contributed by atoms with van der Waals surface area (Å²) in [6.45, 7) is 2.19. The van der Waals surface area contributed by atoms with Crippen LogP contribution in [0.5, 0.6) is 0 Å². The van der Waals surface area contributed by atoms with Crippen molar-refractivity contribution in [3.8, 4) is 0 Å². The van der Waals surface area contributed by atoms with Crippen molar-refractivity contribution < 1.29 is 0 Å². The summed E-state index contributed by atoms with van der Waals surface area (Å²) in [5.74, 6) is 0.349. The van der Waals surface area contributed by atoms with Crippen LogP contribution in [0, 0.1) is 0 Å². The standard InChI is InChI=1S/C15H14N2.ClH/c1-11(15-9-16-10-17-15)13-7-6-12-4-2-3-5-14(12)8-13;/h2-11H,1H3,(H,16,17);1H. The topological polar surface area (TPSA) is 28.7 Å². The molecular formula is C15H15ClN2. The minimum absolute atomic E-state index is 0. The number of aromatic amines is 1. The van der Waals surface area contributed by atoms with Crippen molar-refractivity contribution >= 4 is 23.2 Å². The molecule has 1 aromatic heterocycles. The first kappa shape index (κ1) is 12.7. The Morgan fingerprint density at radius 3 is 2.56 bits per heavy atom. The SMILES string of the molecule is CC(c1ccc2ccccc2c1)c1cnc[nH]1.Cl. The number of hydrogen-bond acceptors (Lipinski definition) is 1. The molecular weight excluding hydrogens is 244 g/mol. The number of H-pyrrole nitrogens is 1. The van der Waals surface area contributed by atoms with Gasteiger partial charge in [0.05, 0.1) is 6.33 Å². The van der Waals surface area contributed by atoms with E-state index in [2.05, 4.69) is 59.4 Å². The summed E-state index contributed by atoms with van der Waals surface area (Å²) >= 11 is 0. The first-order valence-electron chi connectivity index (χ1n) is 5.81. The summed E-state index contributed by atoms with van der Waals surface area (Å²) in [7, 11) is 0. The Morgan fingerprint density at radius 2 is 1.83 bits per heavy atom. The fourth-order valence-corrected chi connectivity index (χ4v) is 2.16. The predicted octanol–water partition coefficient (Wildman–Crippen LogP) is 4.14. The van der Waals surface area contributed by atoms with Gasteiger partial charge >= 0.3 is 0 Å². The molecule has 0 bridgehead atoms. The molecule has 1 heterocycles. The van der Waals surface area contributed by atoms with Crippen molar-refractivity contribution in [2.24, 2.45) is 0 Å². The summed E-state index contributed by atoms with van der Waals surface area (Å²) in [6, 6.07) is 15.1. The summed E-state index contributed by atoms with van der Waals surface area (Å²) < 4.78 is 0. The van der Waals surface area contributed by atoms with Gasteiger partial charge < -0.3 is 4.98 Å². The summed E-state index contributed by atoms with van der Waals surface area (Å²) in [5, 5.41) is 2.57. The van der Waals surface area contributed by atoms with E-state index < -0.39 is 0 Å². The highest BCUT2D eigenvalue weighted by Gasteiger charge is 2.09. The maximum absolute atomic E-state index is 4.08. The Labute approximate surface area is 112 Å². The molecule has 1 atom stereocenters. The Kier molecular flexibility index (Phi) is 3.68. The molecule has 0 saturated carbocycles. The van der Waals surface area contributed by atoms with Crippen molar-refractivity contribution in [3.63, 3.8) is 0 Å². The minimum Gasteiger partial charge on any atom is -0.348 e. The molecule has 2 nitrogen and oxygen atoms in total. The molecule has 1 N–H and O–H groups in total. The van der Waals surface area contributed by atoms with Gasteiger partial charge in [-0.3, -0.25) is 0 Å². The number of aromatic nitrogens is 2. The van der Waals surface area contributed by atoms with Gasteiger partial charge in [-0.1, -0.05) is 49.4 Å². The van der Waals surface area contributed by atoms with E-state index in [0.29, 0.717) is 5.92 Å². The molecule has 0 spiro atoms. The van der Waals surface area contributed by atoms with Crippen LogP contribution in [0.25, 0.3) is 10.8 Å². The fraction of sp³-hybridized carbons (Fsp3) is 0.133. The van der Waals surface area contributed by atoms with Gasteiger partial charge in [0.25, 0.3) is 0 Å². The largest absolute Gasteiger partial charge is 0.348 e. The van der Waals surface area contributed by atoms with Crippen molar-refractivity contribution in [2.45, 2.75) is 12.8 Å². The zero-order valence-electron chi connectivity index (χ0n) is 10.1. The summed E-state index contributed by atoms with van der Waals surface area (Å²) in [4.78, 5) is 7.25. The predicted molar refractivity (Wildman–Crippen MR) is 77.3 cm³/mol. The van der Waals surface area contributed by atoms with E-state index in [9.17, 15) is 0 Å². The zero-order chi connectivity index (χ0) is 11.7. The van der Waals surface area contributed by atoms with E-state index in [1.807, 2.05) is 6.20 Å². The van der Waals surface area contributed by atoms with Crippen LogP contribution in [0.4, 0.5) is 0 Å². The molecule has 0 aliphatic heterocycles. The van der Waals surface area contributed by atoms with E-state index in [4.69, 9.17) is 0 Å². The Hall–Kier alpha value is -1.80. The average molecular weight is 259 g/mol. The number of fused-ring (bicyclic) bond motifs is 1. The lowest BCUT2D eigenvalue weighted by molar-refractivity contribution is 0.885. The maximum atomic E-state index is 4.08. The van der Waals surface area contributed by atoms with Gasteiger partial charge in [-0.05, 0) is 16.3 Å². The lowest BCUT2D eigenvalue weighted by atomic mass is 9.96. The van der Waals surface area contributed by atoms with Crippen LogP contribution in [0.2, 0.25) is 0 Å². The third kappa shape index (κ3) is 2.24. The fourth-order valence-electron chi connectivity index (χ4n) is 2.16. The van der Waals surface area contributed by atoms with E-state index in [1.165, 1.54) is 16.3 Å². The zero-order valence-corrected chi connectivity index (χ0v) is 10.9. The number of rotatable bonds is 2. The van der Waals surface area contributed by atoms with Gasteiger partial charge in [-0.15, -0.1) is 12.4 Å². The molecule has 0 amide bonds. The molecule has 3 heteroatoms. The first-order valence-corrected chi connectivity index (χ1v) is 5.81. The van der Waals surface area contributed by atoms with Crippen molar-refractivity contribution in [1.82, 2.24) is 9.97 Å². The highest BCUT2D eigenvalue weighted by molar-refractivity contribution is 5.85. The molecule has 2 aromatic carbocycles. The van der Waals surface area contributed by atoms with Gasteiger partial charge in [-0.25, -0.2) is 4.98 Å². The van der Waals surface area contributed by atoms with E-state index in [-0.39, 0.29) is 12.4 Å². The molecule has 18 heavy (non-hydrogen) atoms. The van der Waals surface area contributed by atoms with E-state index in [0.717, 1.165) is 5.69 Å². The second-order valence-electron chi connectivity index (χ2n) is 4.34. The second kappa shape index (κ2) is 5.23. The number of halogens is 1. The molecule has 3 aromatic rings. The first-order chi connectivity index (χ1) is 8.34. The third-order valence-electron chi connectivity index (χ3n) is 3.26. The Bertz CT molecular complexity index is 632. The lowest BCUT2D eigenvalue weighted by Gasteiger charge is -2.10. The molecule has 0 fully saturated rings. The molecule has 0 saturated heterocycles. The number of imidazole rings is 1. The average Bonchev–Trinajstić information content (AvgIpc) is 2.91. The van der Waals surface area contributed by atoms with Crippen LogP contribution in [-0.2, 0) is 0 Å². The van der Waals surface area contributed by atoms with Crippen molar-refractivity contribution in [1.29, 1.82) is 0 Å². The van der Waals surface area contributed by atoms with Crippen LogP contribution in [-0.4, -0.2) is 9.97 Å². The number of nitrogens with zero attached hydrogens (tertiary/aromatic N) is 1. The van der Waals surface area contributed by atoms with Gasteiger partial charge in [0, 0.05) is 17.8 Å². The monoisotopic (exact) mass is 258 g/mol. The van der Waals surface area contributed by atoms with E-state index in [1.54, 1.807) is 6.33 Å². The quantitative estimate of drug-likeness (QED) is 0.735. The highest BCUT2D eigenvalue weighted by atomic mass is 35.5. The maximum Gasteiger partial charge on any atom is 0.0921 e. The third-order valence-corrected chi connectivity index (χ3v) is 3.26. The van der Waals surface area contributed by atoms with E-state index >= 15 is 0 Å². The number of hydrogen-bond donors (Lipinski definition) is 1. The highest BCUT2D eigenvalue weighted by Crippen LogP contribution is 2.25. The molecule has 0 aliphatic carbocycles. The number of benzene rings is 2. The Balaban J connectivity index is 0.00000120. The van der Waals surface area contributed by atoms with Crippen LogP contribution in [0.1, 0.15) is 24.1 Å².